The van der Waals surface area contributed by atoms with Crippen LogP contribution < -0.4 is 5.32 Å². The maximum Gasteiger partial charge on any atom is 0.0656 e. The highest BCUT2D eigenvalue weighted by atomic mass is 127. The maximum atomic E-state index is 3.40. The fourth-order valence-electron chi connectivity index (χ4n) is 1.99. The van der Waals surface area contributed by atoms with Crippen molar-refractivity contribution in [3.8, 4) is 0 Å². The topological polar surface area (TPSA) is 12.0 Å². The number of halogens is 1. The lowest BCUT2D eigenvalue weighted by Gasteiger charge is -2.16. The zero-order valence-corrected chi connectivity index (χ0v) is 13.0. The van der Waals surface area contributed by atoms with Gasteiger partial charge >= 0.3 is 0 Å². The monoisotopic (exact) mass is 357 g/mol. The number of rotatable bonds is 4. The summed E-state index contributed by atoms with van der Waals surface area (Å²) in [4.78, 5) is 0. The Morgan fingerprint density at radius 1 is 1.29 bits per heavy atom. The number of hydrogen-bond acceptors (Lipinski definition) is 2. The van der Waals surface area contributed by atoms with Crippen LogP contribution in [-0.2, 0) is 6.42 Å². The van der Waals surface area contributed by atoms with Gasteiger partial charge in [0.1, 0.15) is 0 Å². The highest BCUT2D eigenvalue weighted by molar-refractivity contribution is 14.1. The van der Waals surface area contributed by atoms with Crippen molar-refractivity contribution >= 4 is 33.9 Å². The van der Waals surface area contributed by atoms with Crippen molar-refractivity contribution in [3.63, 3.8) is 0 Å². The fraction of sp³-hybridized carbons (Fsp3) is 0.286. The van der Waals surface area contributed by atoms with Gasteiger partial charge in [-0.05, 0) is 64.2 Å². The van der Waals surface area contributed by atoms with Gasteiger partial charge in [-0.1, -0.05) is 31.2 Å². The van der Waals surface area contributed by atoms with Crippen LogP contribution in [0.2, 0.25) is 0 Å². The average molecular weight is 357 g/mol. The SMILES string of the molecule is CCc1cccc(C(NC)c2csc(I)c2)c1. The highest BCUT2D eigenvalue weighted by Gasteiger charge is 2.13. The molecule has 1 aromatic heterocycles. The molecule has 0 saturated heterocycles. The van der Waals surface area contributed by atoms with Crippen molar-refractivity contribution in [2.24, 2.45) is 0 Å². The molecule has 0 bridgehead atoms. The first-order valence-corrected chi connectivity index (χ1v) is 7.70. The Morgan fingerprint density at radius 2 is 2.12 bits per heavy atom. The van der Waals surface area contributed by atoms with E-state index in [1.807, 2.05) is 7.05 Å². The van der Waals surface area contributed by atoms with Gasteiger partial charge in [0.25, 0.3) is 0 Å². The van der Waals surface area contributed by atoms with E-state index in [4.69, 9.17) is 0 Å². The number of thiophene rings is 1. The summed E-state index contributed by atoms with van der Waals surface area (Å²) in [6.45, 7) is 2.20. The normalized spacial score (nSPS) is 12.6. The summed E-state index contributed by atoms with van der Waals surface area (Å²) in [6, 6.07) is 11.4. The molecule has 90 valence electrons. The van der Waals surface area contributed by atoms with E-state index in [9.17, 15) is 0 Å². The second-order valence-corrected chi connectivity index (χ2v) is 6.81. The van der Waals surface area contributed by atoms with E-state index in [0.29, 0.717) is 6.04 Å². The molecule has 2 rings (SSSR count). The van der Waals surface area contributed by atoms with E-state index in [1.54, 1.807) is 11.3 Å². The summed E-state index contributed by atoms with van der Waals surface area (Å²) in [5.41, 5.74) is 4.10. The lowest BCUT2D eigenvalue weighted by molar-refractivity contribution is 0.693. The minimum absolute atomic E-state index is 0.307. The third kappa shape index (κ3) is 3.09. The first-order chi connectivity index (χ1) is 8.24. The Balaban J connectivity index is 2.34. The zero-order valence-electron chi connectivity index (χ0n) is 10.0. The van der Waals surface area contributed by atoms with Crippen molar-refractivity contribution in [2.75, 3.05) is 7.05 Å². The van der Waals surface area contributed by atoms with Gasteiger partial charge in [0, 0.05) is 0 Å². The summed E-state index contributed by atoms with van der Waals surface area (Å²) in [6.07, 6.45) is 1.09. The van der Waals surface area contributed by atoms with Crippen LogP contribution in [0, 0.1) is 2.88 Å². The Labute approximate surface area is 120 Å². The van der Waals surface area contributed by atoms with Crippen LogP contribution in [0.4, 0.5) is 0 Å². The number of nitrogens with one attached hydrogen (secondary N) is 1. The molecule has 1 nitrogen and oxygen atoms in total. The van der Waals surface area contributed by atoms with E-state index in [-0.39, 0.29) is 0 Å². The quantitative estimate of drug-likeness (QED) is 0.808. The molecule has 1 heterocycles. The standard InChI is InChI=1S/C14H16INS/c1-3-10-5-4-6-11(7-10)14(16-2)12-8-13(15)17-9-12/h4-9,14,16H,3H2,1-2H3. The molecule has 1 N–H and O–H groups in total. The molecule has 0 aliphatic heterocycles. The van der Waals surface area contributed by atoms with Crippen LogP contribution in [0.25, 0.3) is 0 Å². The van der Waals surface area contributed by atoms with Crippen molar-refractivity contribution in [1.29, 1.82) is 0 Å². The first kappa shape index (κ1) is 13.1. The summed E-state index contributed by atoms with van der Waals surface area (Å²) < 4.78 is 1.34. The summed E-state index contributed by atoms with van der Waals surface area (Å²) >= 11 is 4.17. The summed E-state index contributed by atoms with van der Waals surface area (Å²) in [5, 5.41) is 5.64. The molecular formula is C14H16INS. The van der Waals surface area contributed by atoms with Crippen molar-refractivity contribution in [2.45, 2.75) is 19.4 Å². The Hall–Kier alpha value is -0.390. The van der Waals surface area contributed by atoms with Crippen LogP contribution in [0.15, 0.2) is 35.7 Å². The van der Waals surface area contributed by atoms with Crippen molar-refractivity contribution in [3.05, 3.63) is 55.3 Å². The molecule has 0 spiro atoms. The Kier molecular flexibility index (Phi) is 4.59. The number of benzene rings is 1. The number of aryl methyl sites for hydroxylation is 1. The predicted octanol–water partition coefficient (Wildman–Crippen LogP) is 4.22. The van der Waals surface area contributed by atoms with Gasteiger partial charge in [-0.15, -0.1) is 11.3 Å². The second kappa shape index (κ2) is 5.98. The molecule has 0 fully saturated rings. The van der Waals surface area contributed by atoms with E-state index in [0.717, 1.165) is 6.42 Å². The van der Waals surface area contributed by atoms with E-state index >= 15 is 0 Å². The van der Waals surface area contributed by atoms with Gasteiger partial charge < -0.3 is 5.32 Å². The van der Waals surface area contributed by atoms with E-state index in [2.05, 4.69) is 70.5 Å². The molecule has 0 amide bonds. The van der Waals surface area contributed by atoms with Crippen LogP contribution in [-0.4, -0.2) is 7.05 Å². The van der Waals surface area contributed by atoms with E-state index < -0.39 is 0 Å². The molecule has 0 radical (unpaired) electrons. The summed E-state index contributed by atoms with van der Waals surface area (Å²) in [5.74, 6) is 0. The molecule has 0 aliphatic rings. The van der Waals surface area contributed by atoms with Crippen molar-refractivity contribution in [1.82, 2.24) is 5.32 Å². The van der Waals surface area contributed by atoms with Gasteiger partial charge in [0.15, 0.2) is 0 Å². The minimum atomic E-state index is 0.307. The smallest absolute Gasteiger partial charge is 0.0656 e. The van der Waals surface area contributed by atoms with Gasteiger partial charge in [0.2, 0.25) is 0 Å². The maximum absolute atomic E-state index is 3.40. The van der Waals surface area contributed by atoms with Crippen molar-refractivity contribution < 1.29 is 0 Å². The highest BCUT2D eigenvalue weighted by Crippen LogP contribution is 2.27. The second-order valence-electron chi connectivity index (χ2n) is 4.00. The molecule has 3 heteroatoms. The van der Waals surface area contributed by atoms with Crippen LogP contribution in [0.3, 0.4) is 0 Å². The molecule has 1 unspecified atom stereocenters. The third-order valence-corrected chi connectivity index (χ3v) is 4.71. The molecule has 1 atom stereocenters. The minimum Gasteiger partial charge on any atom is -0.309 e. The molecule has 17 heavy (non-hydrogen) atoms. The van der Waals surface area contributed by atoms with Gasteiger partial charge in [-0.3, -0.25) is 0 Å². The molecule has 1 aromatic carbocycles. The first-order valence-electron chi connectivity index (χ1n) is 5.74. The molecular weight excluding hydrogens is 341 g/mol. The molecule has 0 aliphatic carbocycles. The predicted molar refractivity (Wildman–Crippen MR) is 83.8 cm³/mol. The van der Waals surface area contributed by atoms with E-state index in [1.165, 1.54) is 19.6 Å². The van der Waals surface area contributed by atoms with Gasteiger partial charge in [-0.25, -0.2) is 0 Å². The van der Waals surface area contributed by atoms with Crippen LogP contribution in [0.5, 0.6) is 0 Å². The fourth-order valence-corrected chi connectivity index (χ4v) is 3.39. The summed E-state index contributed by atoms with van der Waals surface area (Å²) in [7, 11) is 2.02. The molecule has 2 aromatic rings. The molecule has 0 saturated carbocycles. The lowest BCUT2D eigenvalue weighted by atomic mass is 9.99. The van der Waals surface area contributed by atoms with Gasteiger partial charge in [-0.2, -0.15) is 0 Å². The number of hydrogen-bond donors (Lipinski definition) is 1. The van der Waals surface area contributed by atoms with Crippen LogP contribution >= 0.6 is 33.9 Å². The Bertz CT molecular complexity index is 492. The van der Waals surface area contributed by atoms with Crippen LogP contribution in [0.1, 0.15) is 29.7 Å². The largest absolute Gasteiger partial charge is 0.309 e. The Morgan fingerprint density at radius 3 is 2.71 bits per heavy atom. The lowest BCUT2D eigenvalue weighted by Crippen LogP contribution is -2.17. The zero-order chi connectivity index (χ0) is 12.3. The van der Waals surface area contributed by atoms with Gasteiger partial charge in [0.05, 0.1) is 8.93 Å². The third-order valence-electron chi connectivity index (χ3n) is 2.90. The average Bonchev–Trinajstić information content (AvgIpc) is 2.77.